The Morgan fingerprint density at radius 1 is 1.53 bits per heavy atom. The third-order valence-electron chi connectivity index (χ3n) is 3.48. The highest BCUT2D eigenvalue weighted by atomic mass is 79.9. The molecule has 3 nitrogen and oxygen atoms in total. The van der Waals surface area contributed by atoms with Crippen LogP contribution in [0.3, 0.4) is 0 Å². The van der Waals surface area contributed by atoms with Gasteiger partial charge in [-0.2, -0.15) is 0 Å². The van der Waals surface area contributed by atoms with Crippen LogP contribution in [0.15, 0.2) is 22.7 Å². The van der Waals surface area contributed by atoms with Gasteiger partial charge in [0.05, 0.1) is 0 Å². The first kappa shape index (κ1) is 16.5. The lowest BCUT2D eigenvalue weighted by molar-refractivity contribution is 0.0786. The molecular formula is C14H20BrClN2O. The highest BCUT2D eigenvalue weighted by Gasteiger charge is 2.27. The molecule has 5 heteroatoms. The Morgan fingerprint density at radius 3 is 2.89 bits per heavy atom. The normalized spacial score (nSPS) is 18.3. The minimum Gasteiger partial charge on any atom is -0.338 e. The number of aryl methyl sites for hydroxylation is 1. The minimum atomic E-state index is 0. The van der Waals surface area contributed by atoms with Gasteiger partial charge in [-0.05, 0) is 56.6 Å². The van der Waals surface area contributed by atoms with E-state index in [0.717, 1.165) is 41.7 Å². The van der Waals surface area contributed by atoms with Crippen LogP contribution in [-0.4, -0.2) is 37.5 Å². The number of halogens is 2. The molecule has 1 saturated heterocycles. The molecule has 19 heavy (non-hydrogen) atoms. The first-order valence-electron chi connectivity index (χ1n) is 6.32. The number of benzene rings is 1. The van der Waals surface area contributed by atoms with Gasteiger partial charge in [0.15, 0.2) is 0 Å². The standard InChI is InChI=1S/C14H19BrN2O.ClH/c1-10-7-12(15)3-4-13(10)14(18)17-6-5-11(9-17)8-16-2;/h3-4,7,11,16H,5-6,8-9H2,1-2H3;1H. The molecule has 1 fully saturated rings. The summed E-state index contributed by atoms with van der Waals surface area (Å²) in [6, 6.07) is 5.84. The summed E-state index contributed by atoms with van der Waals surface area (Å²) in [5.74, 6) is 0.758. The van der Waals surface area contributed by atoms with Gasteiger partial charge < -0.3 is 10.2 Å². The molecule has 1 aliphatic rings. The Morgan fingerprint density at radius 2 is 2.26 bits per heavy atom. The van der Waals surface area contributed by atoms with Crippen LogP contribution in [-0.2, 0) is 0 Å². The van der Waals surface area contributed by atoms with Crippen molar-refractivity contribution in [3.63, 3.8) is 0 Å². The lowest BCUT2D eigenvalue weighted by atomic mass is 10.1. The molecule has 1 aliphatic heterocycles. The lowest BCUT2D eigenvalue weighted by Gasteiger charge is -2.18. The molecule has 2 rings (SSSR count). The van der Waals surface area contributed by atoms with E-state index in [1.807, 2.05) is 37.1 Å². The second-order valence-electron chi connectivity index (χ2n) is 4.92. The number of rotatable bonds is 3. The molecule has 0 bridgehead atoms. The molecule has 1 aromatic carbocycles. The molecule has 1 N–H and O–H groups in total. The van der Waals surface area contributed by atoms with Crippen molar-refractivity contribution in [2.75, 3.05) is 26.7 Å². The van der Waals surface area contributed by atoms with Crippen LogP contribution in [0.5, 0.6) is 0 Å². The lowest BCUT2D eigenvalue weighted by Crippen LogP contribution is -2.30. The maximum Gasteiger partial charge on any atom is 0.254 e. The third kappa shape index (κ3) is 3.94. The predicted molar refractivity (Wildman–Crippen MR) is 84.1 cm³/mol. The van der Waals surface area contributed by atoms with Gasteiger partial charge in [0.25, 0.3) is 5.91 Å². The van der Waals surface area contributed by atoms with Crippen molar-refractivity contribution in [3.05, 3.63) is 33.8 Å². The third-order valence-corrected chi connectivity index (χ3v) is 3.98. The van der Waals surface area contributed by atoms with Gasteiger partial charge in [0, 0.05) is 23.1 Å². The summed E-state index contributed by atoms with van der Waals surface area (Å²) in [5.41, 5.74) is 1.86. The van der Waals surface area contributed by atoms with Crippen LogP contribution in [0.1, 0.15) is 22.3 Å². The van der Waals surface area contributed by atoms with Crippen molar-refractivity contribution in [2.24, 2.45) is 5.92 Å². The largest absolute Gasteiger partial charge is 0.338 e. The van der Waals surface area contributed by atoms with Crippen LogP contribution in [0.4, 0.5) is 0 Å². The molecule has 0 aliphatic carbocycles. The van der Waals surface area contributed by atoms with Crippen LogP contribution >= 0.6 is 28.3 Å². The molecule has 0 aromatic heterocycles. The molecule has 1 amide bonds. The van der Waals surface area contributed by atoms with E-state index in [1.165, 1.54) is 0 Å². The van der Waals surface area contributed by atoms with Crippen molar-refractivity contribution in [2.45, 2.75) is 13.3 Å². The highest BCUT2D eigenvalue weighted by molar-refractivity contribution is 9.10. The smallest absolute Gasteiger partial charge is 0.254 e. The molecular weight excluding hydrogens is 328 g/mol. The monoisotopic (exact) mass is 346 g/mol. The van der Waals surface area contributed by atoms with Gasteiger partial charge in [-0.3, -0.25) is 4.79 Å². The number of carbonyl (C=O) groups is 1. The van der Waals surface area contributed by atoms with E-state index < -0.39 is 0 Å². The van der Waals surface area contributed by atoms with Crippen molar-refractivity contribution < 1.29 is 4.79 Å². The van der Waals surface area contributed by atoms with Crippen molar-refractivity contribution in [1.29, 1.82) is 0 Å². The summed E-state index contributed by atoms with van der Waals surface area (Å²) >= 11 is 3.43. The molecule has 106 valence electrons. The van der Waals surface area contributed by atoms with Gasteiger partial charge in [-0.1, -0.05) is 15.9 Å². The van der Waals surface area contributed by atoms with Crippen molar-refractivity contribution in [1.82, 2.24) is 10.2 Å². The fourth-order valence-electron chi connectivity index (χ4n) is 2.51. The molecule has 0 radical (unpaired) electrons. The second-order valence-corrected chi connectivity index (χ2v) is 5.84. The maximum absolute atomic E-state index is 12.4. The molecule has 1 unspecified atom stereocenters. The Hall–Kier alpha value is -0.580. The van der Waals surface area contributed by atoms with Crippen LogP contribution in [0.25, 0.3) is 0 Å². The first-order chi connectivity index (χ1) is 8.61. The first-order valence-corrected chi connectivity index (χ1v) is 7.11. The van der Waals surface area contributed by atoms with E-state index in [9.17, 15) is 4.79 Å². The summed E-state index contributed by atoms with van der Waals surface area (Å²) in [7, 11) is 1.96. The average molecular weight is 348 g/mol. The number of carbonyl (C=O) groups excluding carboxylic acids is 1. The van der Waals surface area contributed by atoms with Crippen molar-refractivity contribution >= 4 is 34.2 Å². The Bertz CT molecular complexity index is 453. The predicted octanol–water partition coefficient (Wildman–Crippen LogP) is 2.86. The number of amides is 1. The quantitative estimate of drug-likeness (QED) is 0.912. The molecule has 0 spiro atoms. The van der Waals surface area contributed by atoms with E-state index in [0.29, 0.717) is 5.92 Å². The Balaban J connectivity index is 0.00000180. The highest BCUT2D eigenvalue weighted by Crippen LogP contribution is 2.21. The summed E-state index contributed by atoms with van der Waals surface area (Å²) in [6.07, 6.45) is 1.10. The average Bonchev–Trinajstić information content (AvgIpc) is 2.77. The van der Waals surface area contributed by atoms with Crippen LogP contribution < -0.4 is 5.32 Å². The maximum atomic E-state index is 12.4. The number of nitrogens with one attached hydrogen (secondary N) is 1. The van der Waals surface area contributed by atoms with Crippen molar-refractivity contribution in [3.8, 4) is 0 Å². The zero-order valence-electron chi connectivity index (χ0n) is 11.3. The topological polar surface area (TPSA) is 32.3 Å². The van der Waals surface area contributed by atoms with Crippen LogP contribution in [0, 0.1) is 12.8 Å². The van der Waals surface area contributed by atoms with E-state index >= 15 is 0 Å². The number of likely N-dealkylation sites (tertiary alicyclic amines) is 1. The summed E-state index contributed by atoms with van der Waals surface area (Å²) in [5, 5.41) is 3.18. The minimum absolute atomic E-state index is 0. The van der Waals surface area contributed by atoms with Gasteiger partial charge in [-0.15, -0.1) is 12.4 Å². The summed E-state index contributed by atoms with van der Waals surface area (Å²) in [6.45, 7) is 4.72. The molecule has 1 heterocycles. The van der Waals surface area contributed by atoms with Gasteiger partial charge in [-0.25, -0.2) is 0 Å². The molecule has 1 atom stereocenters. The second kappa shape index (κ2) is 7.27. The van der Waals surface area contributed by atoms with E-state index in [1.54, 1.807) is 0 Å². The number of hydrogen-bond donors (Lipinski definition) is 1. The van der Waals surface area contributed by atoms with Gasteiger partial charge in [0.1, 0.15) is 0 Å². The number of hydrogen-bond acceptors (Lipinski definition) is 2. The summed E-state index contributed by atoms with van der Waals surface area (Å²) < 4.78 is 1.02. The fraction of sp³-hybridized carbons (Fsp3) is 0.500. The zero-order chi connectivity index (χ0) is 13.1. The SMILES string of the molecule is CNCC1CCN(C(=O)c2ccc(Br)cc2C)C1.Cl. The van der Waals surface area contributed by atoms with Gasteiger partial charge in [0.2, 0.25) is 0 Å². The van der Waals surface area contributed by atoms with E-state index in [-0.39, 0.29) is 18.3 Å². The molecule has 1 aromatic rings. The number of nitrogens with zero attached hydrogens (tertiary/aromatic N) is 1. The molecule has 0 saturated carbocycles. The Labute approximate surface area is 129 Å². The van der Waals surface area contributed by atoms with E-state index in [4.69, 9.17) is 0 Å². The fourth-order valence-corrected chi connectivity index (χ4v) is 2.99. The zero-order valence-corrected chi connectivity index (χ0v) is 13.7. The van der Waals surface area contributed by atoms with Gasteiger partial charge >= 0.3 is 0 Å². The van der Waals surface area contributed by atoms with E-state index in [2.05, 4.69) is 21.2 Å². The Kier molecular flexibility index (Phi) is 6.30. The van der Waals surface area contributed by atoms with Crippen LogP contribution in [0.2, 0.25) is 0 Å². The summed E-state index contributed by atoms with van der Waals surface area (Å²) in [4.78, 5) is 14.4.